The highest BCUT2D eigenvalue weighted by Gasteiger charge is 2.08. The van der Waals surface area contributed by atoms with Gasteiger partial charge in [-0.2, -0.15) is 0 Å². The van der Waals surface area contributed by atoms with Crippen LogP contribution in [0, 0.1) is 0 Å². The molecule has 5 heteroatoms. The van der Waals surface area contributed by atoms with E-state index in [1.165, 1.54) is 12.1 Å². The van der Waals surface area contributed by atoms with Crippen LogP contribution in [0.25, 0.3) is 0 Å². The number of carbonyl (C=O) groups excluding carboxylic acids is 1. The van der Waals surface area contributed by atoms with Crippen LogP contribution in [0.15, 0.2) is 46.9 Å². The van der Waals surface area contributed by atoms with Crippen molar-refractivity contribution in [2.45, 2.75) is 6.42 Å². The Balaban J connectivity index is 1.91. The molecule has 2 aromatic rings. The maximum atomic E-state index is 11.9. The Kier molecular flexibility index (Phi) is 4.63. The molecule has 0 aliphatic heterocycles. The van der Waals surface area contributed by atoms with Crippen LogP contribution in [0.5, 0.6) is 11.5 Å². The largest absolute Gasteiger partial charge is 0.504 e. The Hall–Kier alpha value is -2.01. The number of phenols is 2. The fraction of sp³-hybridized carbons (Fsp3) is 0.133. The van der Waals surface area contributed by atoms with E-state index < -0.39 is 0 Å². The molecule has 0 radical (unpaired) electrons. The molecule has 0 saturated carbocycles. The Morgan fingerprint density at radius 3 is 2.55 bits per heavy atom. The van der Waals surface area contributed by atoms with E-state index in [0.29, 0.717) is 18.5 Å². The number of rotatable bonds is 4. The highest BCUT2D eigenvalue weighted by Crippen LogP contribution is 2.24. The van der Waals surface area contributed by atoms with Crippen molar-refractivity contribution in [1.29, 1.82) is 0 Å². The van der Waals surface area contributed by atoms with E-state index in [4.69, 9.17) is 0 Å². The normalized spacial score (nSPS) is 10.2. The number of nitrogens with one attached hydrogen (secondary N) is 1. The van der Waals surface area contributed by atoms with Gasteiger partial charge in [-0.25, -0.2) is 0 Å². The molecule has 104 valence electrons. The topological polar surface area (TPSA) is 69.6 Å². The number of amides is 1. The number of aromatic hydroxyl groups is 2. The van der Waals surface area contributed by atoms with Gasteiger partial charge in [-0.15, -0.1) is 0 Å². The first kappa shape index (κ1) is 14.4. The summed E-state index contributed by atoms with van der Waals surface area (Å²) in [7, 11) is 0. The van der Waals surface area contributed by atoms with Crippen LogP contribution in [0.2, 0.25) is 0 Å². The molecule has 0 atom stereocenters. The molecule has 2 rings (SSSR count). The Labute approximate surface area is 125 Å². The number of hydrogen-bond acceptors (Lipinski definition) is 3. The minimum atomic E-state index is -0.153. The summed E-state index contributed by atoms with van der Waals surface area (Å²) < 4.78 is 0.750. The second-order valence-corrected chi connectivity index (χ2v) is 5.16. The number of carbonyl (C=O) groups is 1. The van der Waals surface area contributed by atoms with Gasteiger partial charge in [0.25, 0.3) is 5.91 Å². The lowest BCUT2D eigenvalue weighted by atomic mass is 10.1. The van der Waals surface area contributed by atoms with E-state index in [9.17, 15) is 15.0 Å². The molecule has 0 bridgehead atoms. The Morgan fingerprint density at radius 1 is 1.10 bits per heavy atom. The first-order valence-corrected chi connectivity index (χ1v) is 6.91. The Bertz CT molecular complexity index is 628. The minimum Gasteiger partial charge on any atom is -0.504 e. The number of phenolic OH excluding ortho intramolecular Hbond substituents is 2. The molecular weight excluding hydrogens is 322 g/mol. The van der Waals surface area contributed by atoms with Crippen molar-refractivity contribution in [1.82, 2.24) is 5.32 Å². The van der Waals surface area contributed by atoms with E-state index >= 15 is 0 Å². The van der Waals surface area contributed by atoms with Gasteiger partial charge in [0.2, 0.25) is 0 Å². The minimum absolute atomic E-state index is 0.147. The van der Waals surface area contributed by atoms with Crippen LogP contribution in [0.1, 0.15) is 15.9 Å². The molecule has 4 nitrogen and oxygen atoms in total. The quantitative estimate of drug-likeness (QED) is 0.752. The summed E-state index contributed by atoms with van der Waals surface area (Å²) in [5.74, 6) is -0.453. The van der Waals surface area contributed by atoms with Crippen molar-refractivity contribution in [2.75, 3.05) is 6.54 Å². The van der Waals surface area contributed by atoms with Crippen LogP contribution in [-0.4, -0.2) is 22.7 Å². The van der Waals surface area contributed by atoms with E-state index in [1.54, 1.807) is 18.2 Å². The monoisotopic (exact) mass is 335 g/mol. The van der Waals surface area contributed by atoms with Gasteiger partial charge in [0.1, 0.15) is 0 Å². The zero-order valence-electron chi connectivity index (χ0n) is 10.6. The molecule has 0 unspecified atom stereocenters. The Morgan fingerprint density at radius 2 is 1.85 bits per heavy atom. The maximum absolute atomic E-state index is 11.9. The van der Waals surface area contributed by atoms with Crippen molar-refractivity contribution >= 4 is 21.8 Å². The van der Waals surface area contributed by atoms with Crippen LogP contribution in [0.4, 0.5) is 0 Å². The van der Waals surface area contributed by atoms with E-state index in [2.05, 4.69) is 21.2 Å². The fourth-order valence-corrected chi connectivity index (χ4v) is 2.25. The second kappa shape index (κ2) is 6.43. The SMILES string of the molecule is O=C(NCCc1ccc(O)c(O)c1)c1ccccc1Br. The molecule has 0 saturated heterocycles. The van der Waals surface area contributed by atoms with Gasteiger partial charge >= 0.3 is 0 Å². The summed E-state index contributed by atoms with van der Waals surface area (Å²) in [4.78, 5) is 11.9. The molecule has 0 spiro atoms. The summed E-state index contributed by atoms with van der Waals surface area (Å²) in [5.41, 5.74) is 1.42. The molecule has 0 aromatic heterocycles. The third-order valence-corrected chi connectivity index (χ3v) is 3.55. The highest BCUT2D eigenvalue weighted by atomic mass is 79.9. The lowest BCUT2D eigenvalue weighted by Crippen LogP contribution is -2.25. The summed E-state index contributed by atoms with van der Waals surface area (Å²) in [6.45, 7) is 0.449. The number of hydrogen-bond donors (Lipinski definition) is 3. The molecule has 20 heavy (non-hydrogen) atoms. The van der Waals surface area contributed by atoms with Gasteiger partial charge in [-0.05, 0) is 52.2 Å². The molecule has 0 heterocycles. The van der Waals surface area contributed by atoms with Crippen LogP contribution in [-0.2, 0) is 6.42 Å². The fourth-order valence-electron chi connectivity index (χ4n) is 1.79. The third kappa shape index (κ3) is 3.51. The lowest BCUT2D eigenvalue weighted by Gasteiger charge is -2.07. The van der Waals surface area contributed by atoms with Gasteiger partial charge in [-0.1, -0.05) is 18.2 Å². The van der Waals surface area contributed by atoms with Gasteiger partial charge in [0.05, 0.1) is 5.56 Å². The van der Waals surface area contributed by atoms with Crippen LogP contribution in [0.3, 0.4) is 0 Å². The average molecular weight is 336 g/mol. The smallest absolute Gasteiger partial charge is 0.252 e. The predicted molar refractivity (Wildman–Crippen MR) is 80.0 cm³/mol. The van der Waals surface area contributed by atoms with Crippen LogP contribution >= 0.6 is 15.9 Å². The molecular formula is C15H14BrNO3. The molecule has 2 aromatic carbocycles. The summed E-state index contributed by atoms with van der Waals surface area (Å²) in [6, 6.07) is 11.8. The van der Waals surface area contributed by atoms with Crippen LogP contribution < -0.4 is 5.32 Å². The molecule has 0 aliphatic carbocycles. The standard InChI is InChI=1S/C15H14BrNO3/c16-12-4-2-1-3-11(12)15(20)17-8-7-10-5-6-13(18)14(19)9-10/h1-6,9,18-19H,7-8H2,(H,17,20). The van der Waals surface area contributed by atoms with E-state index in [-0.39, 0.29) is 17.4 Å². The second-order valence-electron chi connectivity index (χ2n) is 4.31. The van der Waals surface area contributed by atoms with E-state index in [1.807, 2.05) is 12.1 Å². The molecule has 3 N–H and O–H groups in total. The van der Waals surface area contributed by atoms with Gasteiger partial charge in [0.15, 0.2) is 11.5 Å². The van der Waals surface area contributed by atoms with Crippen molar-refractivity contribution in [3.05, 3.63) is 58.1 Å². The average Bonchev–Trinajstić information content (AvgIpc) is 2.43. The molecule has 0 fully saturated rings. The molecule has 0 aliphatic rings. The van der Waals surface area contributed by atoms with E-state index in [0.717, 1.165) is 10.0 Å². The van der Waals surface area contributed by atoms with Crippen molar-refractivity contribution in [3.8, 4) is 11.5 Å². The van der Waals surface area contributed by atoms with Gasteiger partial charge in [-0.3, -0.25) is 4.79 Å². The van der Waals surface area contributed by atoms with Gasteiger partial charge < -0.3 is 15.5 Å². The zero-order chi connectivity index (χ0) is 14.5. The summed E-state index contributed by atoms with van der Waals surface area (Å²) in [6.07, 6.45) is 0.573. The lowest BCUT2D eigenvalue weighted by molar-refractivity contribution is 0.0953. The first-order valence-electron chi connectivity index (χ1n) is 6.11. The van der Waals surface area contributed by atoms with Crippen molar-refractivity contribution < 1.29 is 15.0 Å². The number of halogens is 1. The van der Waals surface area contributed by atoms with Crippen molar-refractivity contribution in [2.24, 2.45) is 0 Å². The maximum Gasteiger partial charge on any atom is 0.252 e. The van der Waals surface area contributed by atoms with Gasteiger partial charge in [0, 0.05) is 11.0 Å². The summed E-state index contributed by atoms with van der Waals surface area (Å²) >= 11 is 3.33. The number of benzene rings is 2. The molecule has 1 amide bonds. The zero-order valence-corrected chi connectivity index (χ0v) is 12.2. The predicted octanol–water partition coefficient (Wildman–Crippen LogP) is 2.83. The highest BCUT2D eigenvalue weighted by molar-refractivity contribution is 9.10. The first-order chi connectivity index (χ1) is 9.58. The summed E-state index contributed by atoms with van der Waals surface area (Å²) in [5, 5.41) is 21.4. The van der Waals surface area contributed by atoms with Crippen molar-refractivity contribution in [3.63, 3.8) is 0 Å². The third-order valence-electron chi connectivity index (χ3n) is 2.86.